The maximum Gasteiger partial charge on any atom is 0.0677 e. The van der Waals surface area contributed by atoms with E-state index in [0.717, 1.165) is 13.1 Å². The summed E-state index contributed by atoms with van der Waals surface area (Å²) in [5.41, 5.74) is 0. The van der Waals surface area contributed by atoms with Gasteiger partial charge in [0.15, 0.2) is 0 Å². The van der Waals surface area contributed by atoms with Crippen LogP contribution in [0.5, 0.6) is 0 Å². The molecule has 0 aromatic heterocycles. The fraction of sp³-hybridized carbons (Fsp3) is 1.00. The smallest absolute Gasteiger partial charge is 0.0677 e. The molecule has 0 saturated heterocycles. The second-order valence-corrected chi connectivity index (χ2v) is 4.28. The molecule has 0 fully saturated rings. The summed E-state index contributed by atoms with van der Waals surface area (Å²) in [6, 6.07) is 0. The van der Waals surface area contributed by atoms with Crippen molar-refractivity contribution in [1.82, 2.24) is 9.80 Å². The van der Waals surface area contributed by atoms with E-state index in [-0.39, 0.29) is 0 Å². The highest BCUT2D eigenvalue weighted by atomic mass is 16.5. The summed E-state index contributed by atoms with van der Waals surface area (Å²) < 4.78 is 5.79. The van der Waals surface area contributed by atoms with Crippen molar-refractivity contribution in [3.8, 4) is 0 Å². The van der Waals surface area contributed by atoms with Crippen LogP contribution in [0.1, 0.15) is 13.8 Å². The molecule has 0 aromatic carbocycles. The first kappa shape index (κ1) is 12.9. The first-order valence-electron chi connectivity index (χ1n) is 4.86. The minimum absolute atomic E-state index is 0.310. The van der Waals surface area contributed by atoms with Gasteiger partial charge in [-0.1, -0.05) is 0 Å². The van der Waals surface area contributed by atoms with Gasteiger partial charge in [-0.2, -0.15) is 0 Å². The van der Waals surface area contributed by atoms with Gasteiger partial charge in [0, 0.05) is 13.1 Å². The van der Waals surface area contributed by atoms with Crippen molar-refractivity contribution < 1.29 is 4.74 Å². The molecule has 80 valence electrons. The predicted molar refractivity (Wildman–Crippen MR) is 57.1 cm³/mol. The molecule has 3 heteroatoms. The van der Waals surface area contributed by atoms with Gasteiger partial charge in [0.05, 0.1) is 12.2 Å². The summed E-state index contributed by atoms with van der Waals surface area (Å²) in [6.07, 6.45) is 0.620. The Kier molecular flexibility index (Phi) is 6.29. The van der Waals surface area contributed by atoms with E-state index in [1.807, 2.05) is 0 Å². The molecule has 0 aliphatic carbocycles. The quantitative estimate of drug-likeness (QED) is 0.616. The van der Waals surface area contributed by atoms with E-state index in [0.29, 0.717) is 12.2 Å². The van der Waals surface area contributed by atoms with Crippen molar-refractivity contribution in [2.24, 2.45) is 0 Å². The van der Waals surface area contributed by atoms with E-state index < -0.39 is 0 Å². The minimum atomic E-state index is 0.310. The Hall–Kier alpha value is -0.120. The average molecular weight is 188 g/mol. The fourth-order valence-corrected chi connectivity index (χ4v) is 1.51. The van der Waals surface area contributed by atoms with E-state index in [1.165, 1.54) is 0 Å². The standard InChI is InChI=1S/C10H24N2O/c1-9(7-11(3)4)13-10(2)8-12(5)6/h9-10H,7-8H2,1-6H3. The third kappa shape index (κ3) is 8.22. The van der Waals surface area contributed by atoms with Gasteiger partial charge in [0.2, 0.25) is 0 Å². The summed E-state index contributed by atoms with van der Waals surface area (Å²) in [5.74, 6) is 0. The van der Waals surface area contributed by atoms with Gasteiger partial charge < -0.3 is 14.5 Å². The molecule has 2 unspecified atom stereocenters. The Morgan fingerprint density at radius 2 is 1.15 bits per heavy atom. The lowest BCUT2D eigenvalue weighted by atomic mass is 10.3. The second kappa shape index (κ2) is 6.35. The number of nitrogens with zero attached hydrogens (tertiary/aromatic N) is 2. The molecule has 0 aliphatic rings. The highest BCUT2D eigenvalue weighted by Gasteiger charge is 2.09. The summed E-state index contributed by atoms with van der Waals surface area (Å²) in [6.45, 7) is 6.20. The van der Waals surface area contributed by atoms with Gasteiger partial charge in [-0.05, 0) is 42.0 Å². The summed E-state index contributed by atoms with van der Waals surface area (Å²) in [4.78, 5) is 4.29. The molecule has 0 bridgehead atoms. The van der Waals surface area contributed by atoms with Crippen LogP contribution in [0.15, 0.2) is 0 Å². The number of hydrogen-bond acceptors (Lipinski definition) is 3. The number of rotatable bonds is 6. The van der Waals surface area contributed by atoms with E-state index in [2.05, 4.69) is 51.8 Å². The van der Waals surface area contributed by atoms with E-state index >= 15 is 0 Å². The van der Waals surface area contributed by atoms with Crippen LogP contribution in [-0.2, 0) is 4.74 Å². The molecule has 0 radical (unpaired) electrons. The predicted octanol–water partition coefficient (Wildman–Crippen LogP) is 0.903. The molecule has 0 aliphatic heterocycles. The van der Waals surface area contributed by atoms with E-state index in [4.69, 9.17) is 4.74 Å². The summed E-state index contributed by atoms with van der Waals surface area (Å²) in [5, 5.41) is 0. The SMILES string of the molecule is CC(CN(C)C)OC(C)CN(C)C. The average Bonchev–Trinajstić information content (AvgIpc) is 1.80. The van der Waals surface area contributed by atoms with Crippen LogP contribution in [0.2, 0.25) is 0 Å². The molecule has 0 heterocycles. The van der Waals surface area contributed by atoms with Crippen LogP contribution >= 0.6 is 0 Å². The van der Waals surface area contributed by atoms with Crippen LogP contribution in [-0.4, -0.2) is 63.3 Å². The molecule has 2 atom stereocenters. The molecule has 3 nitrogen and oxygen atoms in total. The van der Waals surface area contributed by atoms with Gasteiger partial charge in [-0.15, -0.1) is 0 Å². The van der Waals surface area contributed by atoms with Crippen LogP contribution in [0.4, 0.5) is 0 Å². The highest BCUT2D eigenvalue weighted by molar-refractivity contribution is 4.60. The highest BCUT2D eigenvalue weighted by Crippen LogP contribution is 2.00. The first-order chi connectivity index (χ1) is 5.91. The van der Waals surface area contributed by atoms with Gasteiger partial charge in [-0.25, -0.2) is 0 Å². The van der Waals surface area contributed by atoms with Crippen LogP contribution in [0, 0.1) is 0 Å². The minimum Gasteiger partial charge on any atom is -0.373 e. The molecular weight excluding hydrogens is 164 g/mol. The Morgan fingerprint density at radius 1 is 0.846 bits per heavy atom. The first-order valence-corrected chi connectivity index (χ1v) is 4.86. The lowest BCUT2D eigenvalue weighted by Gasteiger charge is -2.23. The van der Waals surface area contributed by atoms with Gasteiger partial charge in [-0.3, -0.25) is 0 Å². The topological polar surface area (TPSA) is 15.7 Å². The molecular formula is C10H24N2O. The van der Waals surface area contributed by atoms with E-state index in [9.17, 15) is 0 Å². The van der Waals surface area contributed by atoms with Crippen molar-refractivity contribution in [2.45, 2.75) is 26.1 Å². The molecule has 0 spiro atoms. The molecule has 0 aromatic rings. The zero-order valence-corrected chi connectivity index (χ0v) is 9.87. The Balaban J connectivity index is 3.58. The van der Waals surface area contributed by atoms with Gasteiger partial charge >= 0.3 is 0 Å². The fourth-order valence-electron chi connectivity index (χ4n) is 1.51. The van der Waals surface area contributed by atoms with Gasteiger partial charge in [0.1, 0.15) is 0 Å². The van der Waals surface area contributed by atoms with Crippen molar-refractivity contribution >= 4 is 0 Å². The number of hydrogen-bond donors (Lipinski definition) is 0. The molecule has 0 rings (SSSR count). The Bertz CT molecular complexity index is 112. The summed E-state index contributed by atoms with van der Waals surface area (Å²) >= 11 is 0. The summed E-state index contributed by atoms with van der Waals surface area (Å²) in [7, 11) is 8.26. The monoisotopic (exact) mass is 188 g/mol. The van der Waals surface area contributed by atoms with Crippen molar-refractivity contribution in [3.63, 3.8) is 0 Å². The lowest BCUT2D eigenvalue weighted by Crippen LogP contribution is -2.33. The normalized spacial score (nSPS) is 16.6. The molecule has 13 heavy (non-hydrogen) atoms. The zero-order chi connectivity index (χ0) is 10.4. The van der Waals surface area contributed by atoms with Crippen LogP contribution in [0.3, 0.4) is 0 Å². The largest absolute Gasteiger partial charge is 0.373 e. The zero-order valence-electron chi connectivity index (χ0n) is 9.87. The van der Waals surface area contributed by atoms with Crippen molar-refractivity contribution in [3.05, 3.63) is 0 Å². The maximum atomic E-state index is 5.79. The second-order valence-electron chi connectivity index (χ2n) is 4.28. The van der Waals surface area contributed by atoms with Crippen molar-refractivity contribution in [1.29, 1.82) is 0 Å². The lowest BCUT2D eigenvalue weighted by molar-refractivity contribution is -0.0138. The molecule has 0 N–H and O–H groups in total. The number of ether oxygens (including phenoxy) is 1. The van der Waals surface area contributed by atoms with Crippen molar-refractivity contribution in [2.75, 3.05) is 41.3 Å². The number of likely N-dealkylation sites (N-methyl/N-ethyl adjacent to an activating group) is 2. The van der Waals surface area contributed by atoms with Crippen LogP contribution < -0.4 is 0 Å². The third-order valence-corrected chi connectivity index (χ3v) is 1.71. The van der Waals surface area contributed by atoms with Gasteiger partial charge in [0.25, 0.3) is 0 Å². The third-order valence-electron chi connectivity index (χ3n) is 1.71. The molecule has 0 amide bonds. The maximum absolute atomic E-state index is 5.79. The Labute approximate surface area is 82.7 Å². The van der Waals surface area contributed by atoms with E-state index in [1.54, 1.807) is 0 Å². The molecule has 0 saturated carbocycles. The van der Waals surface area contributed by atoms with Crippen LogP contribution in [0.25, 0.3) is 0 Å². The Morgan fingerprint density at radius 3 is 1.38 bits per heavy atom.